The first kappa shape index (κ1) is 13.4. The summed E-state index contributed by atoms with van der Waals surface area (Å²) < 4.78 is 5.59. The molecule has 108 valence electrons. The van der Waals surface area contributed by atoms with E-state index in [1.807, 2.05) is 13.1 Å². The number of hydrogen-bond acceptors (Lipinski definition) is 2. The van der Waals surface area contributed by atoms with Crippen LogP contribution in [0.25, 0.3) is 0 Å². The Morgan fingerprint density at radius 3 is 2.90 bits per heavy atom. The second-order valence-electron chi connectivity index (χ2n) is 5.86. The molecule has 0 radical (unpaired) electrons. The predicted molar refractivity (Wildman–Crippen MR) is 80.7 cm³/mol. The van der Waals surface area contributed by atoms with E-state index in [1.165, 1.54) is 18.4 Å². The summed E-state index contributed by atoms with van der Waals surface area (Å²) >= 11 is 0. The van der Waals surface area contributed by atoms with Gasteiger partial charge in [-0.15, -0.1) is 0 Å². The standard InChI is InChI=1S/C16H23N3O/c1-17-15(18-11-14-5-3-2-4-6-14)19-9-7-16(12-19)8-10-20-13-16/h2-6H,7-13H2,1H3,(H,17,18). The molecule has 1 aromatic carbocycles. The van der Waals surface area contributed by atoms with E-state index in [0.29, 0.717) is 5.41 Å². The van der Waals surface area contributed by atoms with Gasteiger partial charge in [0.1, 0.15) is 0 Å². The first-order valence-electron chi connectivity index (χ1n) is 7.39. The summed E-state index contributed by atoms with van der Waals surface area (Å²) in [6.45, 7) is 4.82. The monoisotopic (exact) mass is 273 g/mol. The van der Waals surface area contributed by atoms with Crippen molar-refractivity contribution in [3.05, 3.63) is 35.9 Å². The van der Waals surface area contributed by atoms with Gasteiger partial charge in [-0.25, -0.2) is 0 Å². The lowest BCUT2D eigenvalue weighted by atomic mass is 9.87. The molecule has 0 aliphatic carbocycles. The number of likely N-dealkylation sites (tertiary alicyclic amines) is 1. The van der Waals surface area contributed by atoms with Gasteiger partial charge in [0, 0.05) is 38.7 Å². The fourth-order valence-corrected chi connectivity index (χ4v) is 3.20. The Kier molecular flexibility index (Phi) is 3.92. The number of benzene rings is 1. The Labute approximate surface area is 120 Å². The molecule has 4 nitrogen and oxygen atoms in total. The van der Waals surface area contributed by atoms with Crippen molar-refractivity contribution in [3.63, 3.8) is 0 Å². The SMILES string of the molecule is CN=C(NCc1ccccc1)N1CCC2(CCOC2)C1. The van der Waals surface area contributed by atoms with Crippen LogP contribution in [0.3, 0.4) is 0 Å². The molecule has 2 saturated heterocycles. The summed E-state index contributed by atoms with van der Waals surface area (Å²) in [5.74, 6) is 1.01. The van der Waals surface area contributed by atoms with Crippen LogP contribution in [-0.4, -0.2) is 44.2 Å². The van der Waals surface area contributed by atoms with E-state index in [-0.39, 0.29) is 0 Å². The molecule has 0 saturated carbocycles. The number of nitrogens with one attached hydrogen (secondary N) is 1. The molecule has 1 spiro atoms. The summed E-state index contributed by atoms with van der Waals surface area (Å²) in [5, 5.41) is 3.47. The Balaban J connectivity index is 1.58. The first-order chi connectivity index (χ1) is 9.81. The predicted octanol–water partition coefficient (Wildman–Crippen LogP) is 1.87. The first-order valence-corrected chi connectivity index (χ1v) is 7.39. The van der Waals surface area contributed by atoms with Gasteiger partial charge < -0.3 is 15.0 Å². The molecule has 0 aromatic heterocycles. The fraction of sp³-hybridized carbons (Fsp3) is 0.562. The van der Waals surface area contributed by atoms with Crippen LogP contribution in [0.4, 0.5) is 0 Å². The van der Waals surface area contributed by atoms with E-state index in [2.05, 4.69) is 39.5 Å². The van der Waals surface area contributed by atoms with Crippen molar-refractivity contribution in [2.24, 2.45) is 10.4 Å². The van der Waals surface area contributed by atoms with E-state index in [1.54, 1.807) is 0 Å². The third kappa shape index (κ3) is 2.80. The molecule has 0 bridgehead atoms. The Morgan fingerprint density at radius 1 is 1.35 bits per heavy atom. The fourth-order valence-electron chi connectivity index (χ4n) is 3.20. The van der Waals surface area contributed by atoms with E-state index >= 15 is 0 Å². The van der Waals surface area contributed by atoms with Gasteiger partial charge in [-0.05, 0) is 18.4 Å². The van der Waals surface area contributed by atoms with Gasteiger partial charge >= 0.3 is 0 Å². The third-order valence-electron chi connectivity index (χ3n) is 4.43. The lowest BCUT2D eigenvalue weighted by molar-refractivity contribution is 0.156. The van der Waals surface area contributed by atoms with Crippen LogP contribution in [-0.2, 0) is 11.3 Å². The van der Waals surface area contributed by atoms with Crippen LogP contribution in [0.1, 0.15) is 18.4 Å². The highest BCUT2D eigenvalue weighted by atomic mass is 16.5. The van der Waals surface area contributed by atoms with Crippen molar-refractivity contribution in [3.8, 4) is 0 Å². The maximum Gasteiger partial charge on any atom is 0.193 e. The second-order valence-corrected chi connectivity index (χ2v) is 5.86. The van der Waals surface area contributed by atoms with Gasteiger partial charge in [-0.2, -0.15) is 0 Å². The summed E-state index contributed by atoms with van der Waals surface area (Å²) in [4.78, 5) is 6.80. The minimum Gasteiger partial charge on any atom is -0.381 e. The van der Waals surface area contributed by atoms with Gasteiger partial charge in [-0.3, -0.25) is 4.99 Å². The Morgan fingerprint density at radius 2 is 2.20 bits per heavy atom. The average molecular weight is 273 g/mol. The quantitative estimate of drug-likeness (QED) is 0.660. The van der Waals surface area contributed by atoms with Crippen molar-refractivity contribution < 1.29 is 4.74 Å². The zero-order valence-corrected chi connectivity index (χ0v) is 12.1. The summed E-state index contributed by atoms with van der Waals surface area (Å²) in [6.07, 6.45) is 2.41. The van der Waals surface area contributed by atoms with Crippen molar-refractivity contribution in [2.45, 2.75) is 19.4 Å². The smallest absolute Gasteiger partial charge is 0.193 e. The van der Waals surface area contributed by atoms with E-state index < -0.39 is 0 Å². The zero-order chi connectivity index (χ0) is 13.8. The van der Waals surface area contributed by atoms with Crippen LogP contribution in [0.2, 0.25) is 0 Å². The third-order valence-corrected chi connectivity index (χ3v) is 4.43. The minimum absolute atomic E-state index is 0.379. The van der Waals surface area contributed by atoms with Crippen LogP contribution < -0.4 is 5.32 Å². The summed E-state index contributed by atoms with van der Waals surface area (Å²) in [5.41, 5.74) is 1.66. The highest BCUT2D eigenvalue weighted by Crippen LogP contribution is 2.38. The molecule has 2 fully saturated rings. The van der Waals surface area contributed by atoms with Crippen LogP contribution >= 0.6 is 0 Å². The zero-order valence-electron chi connectivity index (χ0n) is 12.1. The molecule has 3 rings (SSSR count). The van der Waals surface area contributed by atoms with Gasteiger partial charge in [0.2, 0.25) is 0 Å². The Bertz CT molecular complexity index is 466. The van der Waals surface area contributed by atoms with Gasteiger partial charge in [0.05, 0.1) is 6.61 Å². The molecule has 1 aromatic rings. The number of ether oxygens (including phenoxy) is 1. The topological polar surface area (TPSA) is 36.9 Å². The Hall–Kier alpha value is -1.55. The molecule has 1 atom stereocenters. The van der Waals surface area contributed by atoms with Crippen molar-refractivity contribution in [2.75, 3.05) is 33.4 Å². The maximum atomic E-state index is 5.59. The molecule has 4 heteroatoms. The molecule has 2 aliphatic rings. The largest absolute Gasteiger partial charge is 0.381 e. The lowest BCUT2D eigenvalue weighted by Gasteiger charge is -2.25. The summed E-state index contributed by atoms with van der Waals surface area (Å²) in [6, 6.07) is 10.5. The lowest BCUT2D eigenvalue weighted by Crippen LogP contribution is -2.41. The highest BCUT2D eigenvalue weighted by Gasteiger charge is 2.42. The highest BCUT2D eigenvalue weighted by molar-refractivity contribution is 5.80. The van der Waals surface area contributed by atoms with Crippen molar-refractivity contribution in [1.29, 1.82) is 0 Å². The van der Waals surface area contributed by atoms with Gasteiger partial charge in [0.15, 0.2) is 5.96 Å². The van der Waals surface area contributed by atoms with E-state index in [0.717, 1.165) is 38.8 Å². The second kappa shape index (κ2) is 5.83. The van der Waals surface area contributed by atoms with Crippen LogP contribution in [0.15, 0.2) is 35.3 Å². The average Bonchev–Trinajstić information content (AvgIpc) is 3.12. The summed E-state index contributed by atoms with van der Waals surface area (Å²) in [7, 11) is 1.86. The van der Waals surface area contributed by atoms with E-state index in [4.69, 9.17) is 4.74 Å². The maximum absolute atomic E-state index is 5.59. The van der Waals surface area contributed by atoms with E-state index in [9.17, 15) is 0 Å². The molecular formula is C16H23N3O. The van der Waals surface area contributed by atoms with Crippen LogP contribution in [0, 0.1) is 5.41 Å². The number of hydrogen-bond donors (Lipinski definition) is 1. The normalized spacial score (nSPS) is 26.4. The van der Waals surface area contributed by atoms with Crippen molar-refractivity contribution >= 4 is 5.96 Å². The molecule has 20 heavy (non-hydrogen) atoms. The van der Waals surface area contributed by atoms with Gasteiger partial charge in [-0.1, -0.05) is 30.3 Å². The number of rotatable bonds is 2. The van der Waals surface area contributed by atoms with Gasteiger partial charge in [0.25, 0.3) is 0 Å². The molecule has 2 aliphatic heterocycles. The molecule has 1 N–H and O–H groups in total. The van der Waals surface area contributed by atoms with Crippen LogP contribution in [0.5, 0.6) is 0 Å². The molecular weight excluding hydrogens is 250 g/mol. The minimum atomic E-state index is 0.379. The molecule has 0 amide bonds. The number of aliphatic imine (C=N–C) groups is 1. The van der Waals surface area contributed by atoms with Crippen molar-refractivity contribution in [1.82, 2.24) is 10.2 Å². The number of nitrogens with zero attached hydrogens (tertiary/aromatic N) is 2. The molecule has 1 unspecified atom stereocenters. The number of guanidine groups is 1. The molecule has 2 heterocycles.